The maximum absolute atomic E-state index is 5.42. The molecule has 2 aliphatic rings. The van der Waals surface area contributed by atoms with Crippen LogP contribution in [0.4, 0.5) is 11.6 Å². The van der Waals surface area contributed by atoms with Crippen molar-refractivity contribution in [2.45, 2.75) is 12.0 Å². The van der Waals surface area contributed by atoms with Gasteiger partial charge in [-0.3, -0.25) is 0 Å². The van der Waals surface area contributed by atoms with Crippen LogP contribution < -0.4 is 4.90 Å². The van der Waals surface area contributed by atoms with Gasteiger partial charge in [0.05, 0.1) is 22.8 Å². The molecule has 1 aliphatic carbocycles. The zero-order valence-electron chi connectivity index (χ0n) is 37.1. The lowest BCUT2D eigenvalue weighted by Crippen LogP contribution is -2.30. The summed E-state index contributed by atoms with van der Waals surface area (Å²) < 4.78 is 2.43. The first-order valence-corrected chi connectivity index (χ1v) is 23.3. The van der Waals surface area contributed by atoms with Gasteiger partial charge in [-0.15, -0.1) is 0 Å². The highest BCUT2D eigenvalue weighted by atomic mass is 15.3. The maximum atomic E-state index is 5.42. The molecule has 2 aromatic heterocycles. The van der Waals surface area contributed by atoms with Crippen molar-refractivity contribution in [3.8, 4) is 73.0 Å². The largest absolute Gasteiger partial charge is 0.307 e. The van der Waals surface area contributed by atoms with E-state index in [1.54, 1.807) is 0 Å². The minimum Gasteiger partial charge on any atom is -0.307 e. The summed E-state index contributed by atoms with van der Waals surface area (Å²) in [6, 6.07) is 79.9. The van der Waals surface area contributed by atoms with Crippen molar-refractivity contribution in [2.24, 2.45) is 0 Å². The third-order valence-electron chi connectivity index (χ3n) is 13.6. The lowest BCUT2D eigenvalue weighted by molar-refractivity contribution is 0.728. The van der Waals surface area contributed by atoms with Crippen molar-refractivity contribution in [2.75, 3.05) is 4.90 Å². The third kappa shape index (κ3) is 6.83. The maximum Gasteiger partial charge on any atom is 0.234 e. The van der Waals surface area contributed by atoms with E-state index in [9.17, 15) is 0 Å². The monoisotopic (exact) mass is 869 g/mol. The third-order valence-corrected chi connectivity index (χ3v) is 13.6. The number of anilines is 2. The normalized spacial score (nSPS) is 14.9. The zero-order valence-corrected chi connectivity index (χ0v) is 37.1. The van der Waals surface area contributed by atoms with E-state index in [1.165, 1.54) is 49.7 Å². The Hall–Kier alpha value is -8.93. The molecule has 9 aromatic carbocycles. The minimum atomic E-state index is -0.0430. The Morgan fingerprint density at radius 3 is 1.31 bits per heavy atom. The Kier molecular flexibility index (Phi) is 9.57. The summed E-state index contributed by atoms with van der Waals surface area (Å²) in [5.41, 5.74) is 17.1. The minimum absolute atomic E-state index is 0.0430. The van der Waals surface area contributed by atoms with Crippen LogP contribution in [0.3, 0.4) is 0 Å². The molecule has 68 heavy (non-hydrogen) atoms. The summed E-state index contributed by atoms with van der Waals surface area (Å²) in [5, 5.41) is 2.39. The molecule has 0 N–H and O–H groups in total. The van der Waals surface area contributed by atoms with E-state index in [2.05, 4.69) is 240 Å². The van der Waals surface area contributed by atoms with Gasteiger partial charge in [0.25, 0.3) is 0 Å². The number of para-hydroxylation sites is 1. The van der Waals surface area contributed by atoms with Crippen LogP contribution in [0.5, 0.6) is 0 Å². The van der Waals surface area contributed by atoms with Crippen molar-refractivity contribution in [1.82, 2.24) is 19.5 Å². The molecule has 3 heterocycles. The topological polar surface area (TPSA) is 46.8 Å². The Balaban J connectivity index is 0.912. The van der Waals surface area contributed by atoms with Crippen molar-refractivity contribution < 1.29 is 0 Å². The summed E-state index contributed by atoms with van der Waals surface area (Å²) in [4.78, 5) is 18.3. The first-order chi connectivity index (χ1) is 33.7. The molecule has 0 amide bonds. The lowest BCUT2D eigenvalue weighted by atomic mass is 9.91. The summed E-state index contributed by atoms with van der Waals surface area (Å²) in [6.07, 6.45) is 8.94. The number of nitrogens with zero attached hydrogens (tertiary/aromatic N) is 5. The van der Waals surface area contributed by atoms with Crippen LogP contribution in [0.25, 0.3) is 94.8 Å². The van der Waals surface area contributed by atoms with Crippen molar-refractivity contribution >= 4 is 33.4 Å². The number of aromatic nitrogens is 4. The van der Waals surface area contributed by atoms with Crippen molar-refractivity contribution in [1.29, 1.82) is 0 Å². The molecule has 2 unspecified atom stereocenters. The van der Waals surface area contributed by atoms with Crippen molar-refractivity contribution in [3.63, 3.8) is 0 Å². The molecular weight excluding hydrogens is 827 g/mol. The summed E-state index contributed by atoms with van der Waals surface area (Å²) >= 11 is 0. The summed E-state index contributed by atoms with van der Waals surface area (Å²) in [6.45, 7) is 0. The molecule has 0 radical (unpaired) electrons. The number of hydrogen-bond donors (Lipinski definition) is 0. The van der Waals surface area contributed by atoms with E-state index in [0.717, 1.165) is 44.7 Å². The Labute approximate surface area is 395 Å². The molecule has 0 saturated carbocycles. The summed E-state index contributed by atoms with van der Waals surface area (Å²) in [7, 11) is 0. The highest BCUT2D eigenvalue weighted by Gasteiger charge is 2.41. The zero-order chi connectivity index (χ0) is 45.0. The molecule has 5 nitrogen and oxygen atoms in total. The molecule has 0 bridgehead atoms. The van der Waals surface area contributed by atoms with Crippen LogP contribution in [0.1, 0.15) is 11.5 Å². The predicted octanol–water partition coefficient (Wildman–Crippen LogP) is 15.7. The molecule has 0 spiro atoms. The van der Waals surface area contributed by atoms with E-state index in [1.807, 2.05) is 18.2 Å². The molecule has 1 aliphatic heterocycles. The summed E-state index contributed by atoms with van der Waals surface area (Å²) in [5.74, 6) is 1.97. The highest BCUT2D eigenvalue weighted by molar-refractivity contribution is 6.15. The fourth-order valence-electron chi connectivity index (χ4n) is 10.3. The van der Waals surface area contributed by atoms with E-state index in [4.69, 9.17) is 15.0 Å². The molecule has 2 atom stereocenters. The first kappa shape index (κ1) is 39.4. The van der Waals surface area contributed by atoms with Gasteiger partial charge in [0, 0.05) is 33.5 Å². The fourth-order valence-corrected chi connectivity index (χ4v) is 10.3. The van der Waals surface area contributed by atoms with E-state index >= 15 is 0 Å². The molecule has 13 rings (SSSR count). The molecule has 0 fully saturated rings. The molecular formula is C63H43N5. The average Bonchev–Trinajstić information content (AvgIpc) is 3.95. The molecule has 11 aromatic rings. The number of hydrogen-bond acceptors (Lipinski definition) is 4. The highest BCUT2D eigenvalue weighted by Crippen LogP contribution is 2.52. The van der Waals surface area contributed by atoms with Gasteiger partial charge in [0.15, 0.2) is 11.6 Å². The van der Waals surface area contributed by atoms with Gasteiger partial charge in [-0.1, -0.05) is 231 Å². The second-order valence-corrected chi connectivity index (χ2v) is 17.6. The number of allylic oxidation sites excluding steroid dienone is 2. The molecule has 5 heteroatoms. The van der Waals surface area contributed by atoms with Crippen LogP contribution in [0.15, 0.2) is 249 Å². The number of benzene rings is 9. The standard InChI is InChI=1S/C63H43N5/c1-4-14-42(15-5-1)44-24-26-45(27-25-44)46-28-30-47(31-29-46)48-32-34-51(35-33-48)62-64-61(50-18-8-3-9-19-50)65-63(66-62)68-58-23-13-11-21-54(58)56-41-40-55-53-20-10-12-22-57(53)67(59(55)60(56)68)52-38-36-49(37-39-52)43-16-6-2-7-17-43/h1-41,54,58H. The van der Waals surface area contributed by atoms with Gasteiger partial charge in [-0.2, -0.15) is 9.97 Å². The number of rotatable bonds is 8. The van der Waals surface area contributed by atoms with Crippen LogP contribution >= 0.6 is 0 Å². The van der Waals surface area contributed by atoms with Gasteiger partial charge < -0.3 is 9.47 Å². The first-order valence-electron chi connectivity index (χ1n) is 23.3. The van der Waals surface area contributed by atoms with Gasteiger partial charge in [-0.05, 0) is 68.3 Å². The lowest BCUT2D eigenvalue weighted by Gasteiger charge is -2.27. The quantitative estimate of drug-likeness (QED) is 0.153. The molecule has 320 valence electrons. The van der Waals surface area contributed by atoms with Crippen LogP contribution in [0, 0.1) is 0 Å². The number of fused-ring (bicyclic) bond motifs is 7. The van der Waals surface area contributed by atoms with E-state index in [-0.39, 0.29) is 12.0 Å². The predicted molar refractivity (Wildman–Crippen MR) is 280 cm³/mol. The Morgan fingerprint density at radius 2 is 0.765 bits per heavy atom. The van der Waals surface area contributed by atoms with Gasteiger partial charge in [0.2, 0.25) is 5.95 Å². The SMILES string of the molecule is C1=CC2c3ccc4c5ccccc5n(-c5ccc(-c6ccccc6)cc5)c4c3N(c3nc(-c4ccccc4)nc(-c4ccc(-c5ccc(-c6ccc(-c7ccccc7)cc6)cc5)cc4)n3)C2C=C1. The second kappa shape index (κ2) is 16.5. The second-order valence-electron chi connectivity index (χ2n) is 17.6. The van der Waals surface area contributed by atoms with Crippen LogP contribution in [0.2, 0.25) is 0 Å². The van der Waals surface area contributed by atoms with Gasteiger partial charge in [-0.25, -0.2) is 4.98 Å². The average molecular weight is 870 g/mol. The van der Waals surface area contributed by atoms with Crippen molar-refractivity contribution in [3.05, 3.63) is 254 Å². The van der Waals surface area contributed by atoms with Gasteiger partial charge in [0.1, 0.15) is 0 Å². The Bertz CT molecular complexity index is 3690. The van der Waals surface area contributed by atoms with E-state index in [0.29, 0.717) is 17.6 Å². The van der Waals surface area contributed by atoms with E-state index < -0.39 is 0 Å². The van der Waals surface area contributed by atoms with Crippen LogP contribution in [-0.2, 0) is 0 Å². The molecule has 0 saturated heterocycles. The smallest absolute Gasteiger partial charge is 0.234 e. The van der Waals surface area contributed by atoms with Crippen LogP contribution in [-0.4, -0.2) is 25.6 Å². The van der Waals surface area contributed by atoms with Gasteiger partial charge >= 0.3 is 0 Å². The Morgan fingerprint density at radius 1 is 0.338 bits per heavy atom. The fraction of sp³-hybridized carbons (Fsp3) is 0.0317.